The third-order valence-corrected chi connectivity index (χ3v) is 3.44. The molecule has 1 amide bonds. The van der Waals surface area contributed by atoms with Gasteiger partial charge in [-0.25, -0.2) is 0 Å². The number of alkyl halides is 1. The summed E-state index contributed by atoms with van der Waals surface area (Å²) in [5, 5.41) is 0. The van der Waals surface area contributed by atoms with Crippen molar-refractivity contribution in [3.05, 3.63) is 35.9 Å². The lowest BCUT2D eigenvalue weighted by molar-refractivity contribution is -0.136. The van der Waals surface area contributed by atoms with E-state index in [2.05, 4.69) is 13.8 Å². The third-order valence-electron chi connectivity index (χ3n) is 3.27. The summed E-state index contributed by atoms with van der Waals surface area (Å²) < 4.78 is 0. The summed E-state index contributed by atoms with van der Waals surface area (Å²) in [7, 11) is 0. The molecule has 0 fully saturated rings. The Labute approximate surface area is 115 Å². The minimum absolute atomic E-state index is 0.0388. The van der Waals surface area contributed by atoms with Gasteiger partial charge >= 0.3 is 0 Å². The number of amides is 1. The minimum Gasteiger partial charge on any atom is -0.337 e. The lowest BCUT2D eigenvalue weighted by Crippen LogP contribution is -2.37. The molecule has 0 N–H and O–H groups in total. The summed E-state index contributed by atoms with van der Waals surface area (Å²) in [4.78, 5) is 14.2. The third kappa shape index (κ3) is 4.34. The van der Waals surface area contributed by atoms with Gasteiger partial charge in [0.1, 0.15) is 0 Å². The molecule has 18 heavy (non-hydrogen) atoms. The number of nitrogens with zero attached hydrogens (tertiary/aromatic N) is 1. The van der Waals surface area contributed by atoms with Crippen molar-refractivity contribution >= 4 is 17.5 Å². The van der Waals surface area contributed by atoms with Crippen LogP contribution in [0.15, 0.2) is 30.3 Å². The van der Waals surface area contributed by atoms with Gasteiger partial charge in [-0.2, -0.15) is 0 Å². The van der Waals surface area contributed by atoms with Crippen molar-refractivity contribution in [2.24, 2.45) is 11.8 Å². The molecule has 0 spiro atoms. The quantitative estimate of drug-likeness (QED) is 0.722. The highest BCUT2D eigenvalue weighted by Crippen LogP contribution is 2.15. The molecule has 1 aromatic carbocycles. The van der Waals surface area contributed by atoms with Crippen molar-refractivity contribution in [2.75, 3.05) is 12.4 Å². The number of hydrogen-bond acceptors (Lipinski definition) is 1. The summed E-state index contributed by atoms with van der Waals surface area (Å²) in [6.07, 6.45) is 0. The topological polar surface area (TPSA) is 20.3 Å². The molecule has 0 aliphatic rings. The number of halogens is 1. The summed E-state index contributed by atoms with van der Waals surface area (Å²) in [6.45, 7) is 7.38. The fourth-order valence-electron chi connectivity index (χ4n) is 1.75. The van der Waals surface area contributed by atoms with Crippen LogP contribution in [0.5, 0.6) is 0 Å². The van der Waals surface area contributed by atoms with E-state index in [9.17, 15) is 4.79 Å². The van der Waals surface area contributed by atoms with E-state index in [0.29, 0.717) is 24.9 Å². The number of carbonyl (C=O) groups excluding carboxylic acids is 1. The summed E-state index contributed by atoms with van der Waals surface area (Å²) in [5.41, 5.74) is 1.15. The zero-order chi connectivity index (χ0) is 13.5. The van der Waals surface area contributed by atoms with Crippen LogP contribution in [0.1, 0.15) is 26.3 Å². The Morgan fingerprint density at radius 2 is 1.83 bits per heavy atom. The van der Waals surface area contributed by atoms with E-state index in [1.807, 2.05) is 42.2 Å². The van der Waals surface area contributed by atoms with Crippen LogP contribution in [0.3, 0.4) is 0 Å². The van der Waals surface area contributed by atoms with Crippen LogP contribution in [0.2, 0.25) is 0 Å². The van der Waals surface area contributed by atoms with Crippen molar-refractivity contribution < 1.29 is 4.79 Å². The smallest absolute Gasteiger partial charge is 0.225 e. The lowest BCUT2D eigenvalue weighted by Gasteiger charge is -2.27. The summed E-state index contributed by atoms with van der Waals surface area (Å²) in [6, 6.07) is 10.0. The van der Waals surface area contributed by atoms with Gasteiger partial charge < -0.3 is 4.90 Å². The van der Waals surface area contributed by atoms with E-state index in [-0.39, 0.29) is 11.8 Å². The van der Waals surface area contributed by atoms with Gasteiger partial charge in [-0.05, 0) is 11.5 Å². The summed E-state index contributed by atoms with van der Waals surface area (Å²) >= 11 is 5.80. The van der Waals surface area contributed by atoms with Crippen LogP contribution < -0.4 is 0 Å². The first-order chi connectivity index (χ1) is 8.56. The predicted octanol–water partition coefficient (Wildman–Crippen LogP) is 3.55. The van der Waals surface area contributed by atoms with Gasteiger partial charge in [-0.3, -0.25) is 4.79 Å². The van der Waals surface area contributed by atoms with Crippen LogP contribution in [0, 0.1) is 11.8 Å². The van der Waals surface area contributed by atoms with Crippen molar-refractivity contribution in [1.29, 1.82) is 0 Å². The lowest BCUT2D eigenvalue weighted by atomic mass is 9.96. The van der Waals surface area contributed by atoms with Crippen LogP contribution in [0.25, 0.3) is 0 Å². The first kappa shape index (κ1) is 15.0. The van der Waals surface area contributed by atoms with E-state index in [0.717, 1.165) is 5.56 Å². The normalized spacial score (nSPS) is 12.5. The van der Waals surface area contributed by atoms with Crippen molar-refractivity contribution in [2.45, 2.75) is 27.3 Å². The molecule has 1 unspecified atom stereocenters. The molecule has 0 bridgehead atoms. The van der Waals surface area contributed by atoms with Gasteiger partial charge in [-0.15, -0.1) is 11.6 Å². The fraction of sp³-hybridized carbons (Fsp3) is 0.533. The average Bonchev–Trinajstić information content (AvgIpc) is 2.37. The molecule has 100 valence electrons. The first-order valence-corrected chi connectivity index (χ1v) is 6.98. The number of rotatable bonds is 6. The van der Waals surface area contributed by atoms with Gasteiger partial charge in [0.15, 0.2) is 0 Å². The van der Waals surface area contributed by atoms with Gasteiger partial charge in [0.25, 0.3) is 0 Å². The largest absolute Gasteiger partial charge is 0.337 e. The Kier molecular flexibility index (Phi) is 6.20. The zero-order valence-electron chi connectivity index (χ0n) is 11.4. The van der Waals surface area contributed by atoms with Crippen LogP contribution in [0.4, 0.5) is 0 Å². The molecule has 2 nitrogen and oxygen atoms in total. The van der Waals surface area contributed by atoms with Crippen LogP contribution in [-0.4, -0.2) is 23.2 Å². The highest BCUT2D eigenvalue weighted by Gasteiger charge is 2.22. The standard InChI is InChI=1S/C15H22ClNO/c1-12(2)13(3)15(18)17(10-9-16)11-14-7-5-4-6-8-14/h4-8,12-13H,9-11H2,1-3H3. The molecular formula is C15H22ClNO. The Balaban J connectivity index is 2.73. The van der Waals surface area contributed by atoms with Gasteiger partial charge in [0.2, 0.25) is 5.91 Å². The maximum absolute atomic E-state index is 12.3. The highest BCUT2D eigenvalue weighted by molar-refractivity contribution is 6.18. The van der Waals surface area contributed by atoms with Crippen LogP contribution in [-0.2, 0) is 11.3 Å². The van der Waals surface area contributed by atoms with E-state index in [1.54, 1.807) is 0 Å². The SMILES string of the molecule is CC(C)C(C)C(=O)N(CCCl)Cc1ccccc1. The molecule has 0 aliphatic carbocycles. The second-order valence-electron chi connectivity index (χ2n) is 4.97. The van der Waals surface area contributed by atoms with Gasteiger partial charge in [0.05, 0.1) is 0 Å². The molecule has 0 saturated heterocycles. The molecular weight excluding hydrogens is 246 g/mol. The molecule has 1 atom stereocenters. The molecule has 0 radical (unpaired) electrons. The Morgan fingerprint density at radius 1 is 1.22 bits per heavy atom. The Morgan fingerprint density at radius 3 is 2.33 bits per heavy atom. The van der Waals surface area contributed by atoms with Crippen molar-refractivity contribution in [3.8, 4) is 0 Å². The molecule has 1 aromatic rings. The molecule has 0 aliphatic heterocycles. The van der Waals surface area contributed by atoms with Crippen molar-refractivity contribution in [3.63, 3.8) is 0 Å². The molecule has 0 heterocycles. The van der Waals surface area contributed by atoms with E-state index in [4.69, 9.17) is 11.6 Å². The number of carbonyl (C=O) groups is 1. The molecule has 3 heteroatoms. The van der Waals surface area contributed by atoms with Crippen LogP contribution >= 0.6 is 11.6 Å². The van der Waals surface area contributed by atoms with Gasteiger partial charge in [0, 0.05) is 24.9 Å². The Hall–Kier alpha value is -1.02. The predicted molar refractivity (Wildman–Crippen MR) is 76.6 cm³/mol. The molecule has 0 aromatic heterocycles. The fourth-order valence-corrected chi connectivity index (χ4v) is 1.95. The van der Waals surface area contributed by atoms with Gasteiger partial charge in [-0.1, -0.05) is 51.1 Å². The monoisotopic (exact) mass is 267 g/mol. The molecule has 1 rings (SSSR count). The maximum Gasteiger partial charge on any atom is 0.225 e. The second-order valence-corrected chi connectivity index (χ2v) is 5.35. The highest BCUT2D eigenvalue weighted by atomic mass is 35.5. The average molecular weight is 268 g/mol. The number of benzene rings is 1. The first-order valence-electron chi connectivity index (χ1n) is 6.45. The van der Waals surface area contributed by atoms with E-state index >= 15 is 0 Å². The zero-order valence-corrected chi connectivity index (χ0v) is 12.2. The van der Waals surface area contributed by atoms with E-state index < -0.39 is 0 Å². The Bertz CT molecular complexity index is 364. The number of hydrogen-bond donors (Lipinski definition) is 0. The minimum atomic E-state index is 0.0388. The molecule has 0 saturated carbocycles. The van der Waals surface area contributed by atoms with E-state index in [1.165, 1.54) is 0 Å². The maximum atomic E-state index is 12.3. The summed E-state index contributed by atoms with van der Waals surface area (Å²) in [5.74, 6) is 1.06. The second kappa shape index (κ2) is 7.42. The van der Waals surface area contributed by atoms with Crippen molar-refractivity contribution in [1.82, 2.24) is 4.90 Å².